The van der Waals surface area contributed by atoms with Crippen molar-refractivity contribution in [3.05, 3.63) is 16.6 Å². The van der Waals surface area contributed by atoms with E-state index in [1.807, 2.05) is 6.20 Å². The Morgan fingerprint density at radius 2 is 2.38 bits per heavy atom. The molecule has 3 heteroatoms. The first-order valence-electron chi connectivity index (χ1n) is 6.53. The lowest BCUT2D eigenvalue weighted by atomic mass is 10.1. The van der Waals surface area contributed by atoms with Gasteiger partial charge in [-0.2, -0.15) is 0 Å². The van der Waals surface area contributed by atoms with Crippen LogP contribution in [-0.2, 0) is 0 Å². The van der Waals surface area contributed by atoms with E-state index in [0.717, 1.165) is 12.5 Å². The minimum absolute atomic E-state index is 0.518. The van der Waals surface area contributed by atoms with Crippen LogP contribution in [0.15, 0.2) is 11.6 Å². The number of nitrogens with zero attached hydrogens (tertiary/aromatic N) is 1. The second-order valence-corrected chi connectivity index (χ2v) is 5.69. The van der Waals surface area contributed by atoms with Gasteiger partial charge in [-0.1, -0.05) is 32.6 Å². The lowest BCUT2D eigenvalue weighted by molar-refractivity contribution is 0.462. The summed E-state index contributed by atoms with van der Waals surface area (Å²) in [5, 5.41) is 7.04. The normalized spacial score (nSPS) is 17.6. The Kier molecular flexibility index (Phi) is 4.79. The molecule has 1 saturated carbocycles. The standard InChI is InChI=1S/C13H22N2S/c1-2-3-4-7-14-12(10-11-5-6-11)13-15-8-9-16-13/h8-9,11-12,14H,2-7,10H2,1H3/t12-/m0/s1. The highest BCUT2D eigenvalue weighted by Crippen LogP contribution is 2.37. The van der Waals surface area contributed by atoms with E-state index in [2.05, 4.69) is 22.6 Å². The molecule has 90 valence electrons. The Balaban J connectivity index is 1.77. The van der Waals surface area contributed by atoms with Gasteiger partial charge < -0.3 is 5.32 Å². The maximum absolute atomic E-state index is 4.45. The molecule has 1 atom stereocenters. The highest BCUT2D eigenvalue weighted by Gasteiger charge is 2.26. The summed E-state index contributed by atoms with van der Waals surface area (Å²) < 4.78 is 0. The molecule has 0 unspecified atom stereocenters. The first kappa shape index (κ1) is 12.1. The minimum atomic E-state index is 0.518. The summed E-state index contributed by atoms with van der Waals surface area (Å²) in [5.74, 6) is 0.965. The van der Waals surface area contributed by atoms with Gasteiger partial charge in [-0.15, -0.1) is 11.3 Å². The summed E-state index contributed by atoms with van der Waals surface area (Å²) in [7, 11) is 0. The molecule has 0 aliphatic heterocycles. The molecule has 0 amide bonds. The average molecular weight is 238 g/mol. The molecule has 0 saturated heterocycles. The molecule has 1 aromatic heterocycles. The second-order valence-electron chi connectivity index (χ2n) is 4.76. The fourth-order valence-corrected chi connectivity index (χ4v) is 2.74. The van der Waals surface area contributed by atoms with E-state index in [1.54, 1.807) is 11.3 Å². The van der Waals surface area contributed by atoms with Gasteiger partial charge in [-0.3, -0.25) is 0 Å². The molecule has 1 fully saturated rings. The molecule has 0 bridgehead atoms. The average Bonchev–Trinajstić information content (AvgIpc) is 2.95. The van der Waals surface area contributed by atoms with Gasteiger partial charge >= 0.3 is 0 Å². The first-order chi connectivity index (χ1) is 7.90. The third-order valence-electron chi connectivity index (χ3n) is 3.19. The van der Waals surface area contributed by atoms with E-state index >= 15 is 0 Å². The van der Waals surface area contributed by atoms with Gasteiger partial charge in [0.2, 0.25) is 0 Å². The van der Waals surface area contributed by atoms with Crippen LogP contribution in [0.4, 0.5) is 0 Å². The van der Waals surface area contributed by atoms with E-state index in [4.69, 9.17) is 0 Å². The SMILES string of the molecule is CCCCCN[C@@H](CC1CC1)c1nccs1. The predicted octanol–water partition coefficient (Wildman–Crippen LogP) is 3.76. The van der Waals surface area contributed by atoms with Crippen molar-refractivity contribution in [1.82, 2.24) is 10.3 Å². The van der Waals surface area contributed by atoms with Crippen LogP contribution in [0.2, 0.25) is 0 Å². The third kappa shape index (κ3) is 3.87. The van der Waals surface area contributed by atoms with Gasteiger partial charge in [0.1, 0.15) is 5.01 Å². The molecule has 1 aliphatic rings. The second kappa shape index (κ2) is 6.36. The Hall–Kier alpha value is -0.410. The number of hydrogen-bond acceptors (Lipinski definition) is 3. The monoisotopic (exact) mass is 238 g/mol. The van der Waals surface area contributed by atoms with Gasteiger partial charge in [-0.25, -0.2) is 4.98 Å². The van der Waals surface area contributed by atoms with E-state index in [9.17, 15) is 0 Å². The number of thiazole rings is 1. The largest absolute Gasteiger partial charge is 0.308 e. The number of aromatic nitrogens is 1. The fourth-order valence-electron chi connectivity index (χ4n) is 2.02. The van der Waals surface area contributed by atoms with Crippen LogP contribution in [0, 0.1) is 5.92 Å². The molecule has 0 aromatic carbocycles. The zero-order chi connectivity index (χ0) is 11.2. The Morgan fingerprint density at radius 3 is 3.00 bits per heavy atom. The molecular weight excluding hydrogens is 216 g/mol. The minimum Gasteiger partial charge on any atom is -0.308 e. The Bertz CT molecular complexity index is 280. The molecule has 16 heavy (non-hydrogen) atoms. The summed E-state index contributed by atoms with van der Waals surface area (Å²) in [6, 6.07) is 0.518. The van der Waals surface area contributed by atoms with Crippen molar-refractivity contribution in [3.63, 3.8) is 0 Å². The first-order valence-corrected chi connectivity index (χ1v) is 7.41. The Labute approximate surface area is 102 Å². The van der Waals surface area contributed by atoms with Crippen molar-refractivity contribution in [2.24, 2.45) is 5.92 Å². The highest BCUT2D eigenvalue weighted by molar-refractivity contribution is 7.09. The molecule has 0 radical (unpaired) electrons. The molecular formula is C13H22N2S. The van der Waals surface area contributed by atoms with Crippen LogP contribution < -0.4 is 5.32 Å². The van der Waals surface area contributed by atoms with Crippen LogP contribution >= 0.6 is 11.3 Å². The summed E-state index contributed by atoms with van der Waals surface area (Å²) in [6.45, 7) is 3.40. The fraction of sp³-hybridized carbons (Fsp3) is 0.769. The van der Waals surface area contributed by atoms with Crippen LogP contribution in [0.5, 0.6) is 0 Å². The van der Waals surface area contributed by atoms with E-state index in [1.165, 1.54) is 43.5 Å². The zero-order valence-corrected chi connectivity index (χ0v) is 10.9. The van der Waals surface area contributed by atoms with Crippen molar-refractivity contribution >= 4 is 11.3 Å². The number of unbranched alkanes of at least 4 members (excludes halogenated alkanes) is 2. The zero-order valence-electron chi connectivity index (χ0n) is 10.1. The number of hydrogen-bond donors (Lipinski definition) is 1. The topological polar surface area (TPSA) is 24.9 Å². The van der Waals surface area contributed by atoms with Crippen LogP contribution in [0.3, 0.4) is 0 Å². The smallest absolute Gasteiger partial charge is 0.109 e. The van der Waals surface area contributed by atoms with Gasteiger partial charge in [0.15, 0.2) is 0 Å². The maximum atomic E-state index is 4.45. The van der Waals surface area contributed by atoms with E-state index in [0.29, 0.717) is 6.04 Å². The van der Waals surface area contributed by atoms with Crippen molar-refractivity contribution in [1.29, 1.82) is 0 Å². The highest BCUT2D eigenvalue weighted by atomic mass is 32.1. The van der Waals surface area contributed by atoms with Crippen molar-refractivity contribution in [3.8, 4) is 0 Å². The van der Waals surface area contributed by atoms with Gasteiger partial charge in [0.05, 0.1) is 6.04 Å². The number of rotatable bonds is 8. The van der Waals surface area contributed by atoms with Crippen LogP contribution in [0.25, 0.3) is 0 Å². The molecule has 0 spiro atoms. The van der Waals surface area contributed by atoms with Gasteiger partial charge in [0, 0.05) is 11.6 Å². The molecule has 1 heterocycles. The van der Waals surface area contributed by atoms with Crippen LogP contribution in [0.1, 0.15) is 56.5 Å². The summed E-state index contributed by atoms with van der Waals surface area (Å²) >= 11 is 1.79. The summed E-state index contributed by atoms with van der Waals surface area (Å²) in [5.41, 5.74) is 0. The quantitative estimate of drug-likeness (QED) is 0.697. The lowest BCUT2D eigenvalue weighted by Gasteiger charge is -2.16. The Morgan fingerprint density at radius 1 is 1.50 bits per heavy atom. The van der Waals surface area contributed by atoms with E-state index < -0.39 is 0 Å². The summed E-state index contributed by atoms with van der Waals surface area (Å²) in [6.07, 6.45) is 10.0. The molecule has 2 rings (SSSR count). The van der Waals surface area contributed by atoms with Crippen LogP contribution in [-0.4, -0.2) is 11.5 Å². The van der Waals surface area contributed by atoms with E-state index in [-0.39, 0.29) is 0 Å². The lowest BCUT2D eigenvalue weighted by Crippen LogP contribution is -2.22. The van der Waals surface area contributed by atoms with Gasteiger partial charge in [0.25, 0.3) is 0 Å². The summed E-state index contributed by atoms with van der Waals surface area (Å²) in [4.78, 5) is 4.45. The van der Waals surface area contributed by atoms with Gasteiger partial charge in [-0.05, 0) is 25.3 Å². The maximum Gasteiger partial charge on any atom is 0.109 e. The van der Waals surface area contributed by atoms with Crippen molar-refractivity contribution < 1.29 is 0 Å². The number of nitrogens with one attached hydrogen (secondary N) is 1. The van der Waals surface area contributed by atoms with Crippen molar-refractivity contribution in [2.45, 2.75) is 51.5 Å². The molecule has 1 aromatic rings. The molecule has 1 N–H and O–H groups in total. The predicted molar refractivity (Wildman–Crippen MR) is 69.7 cm³/mol. The third-order valence-corrected chi connectivity index (χ3v) is 4.08. The van der Waals surface area contributed by atoms with Crippen molar-refractivity contribution in [2.75, 3.05) is 6.54 Å². The molecule has 1 aliphatic carbocycles. The molecule has 2 nitrogen and oxygen atoms in total.